The fourth-order valence-corrected chi connectivity index (χ4v) is 3.54. The largest absolute Gasteiger partial charge is 0.343 e. The normalized spacial score (nSPS) is 15.2. The highest BCUT2D eigenvalue weighted by atomic mass is 35.5. The zero-order valence-corrected chi connectivity index (χ0v) is 14.9. The smallest absolute Gasteiger partial charge is 0.222 e. The number of rotatable bonds is 5. The van der Waals surface area contributed by atoms with Crippen molar-refractivity contribution in [3.8, 4) is 0 Å². The van der Waals surface area contributed by atoms with Gasteiger partial charge < -0.3 is 4.90 Å². The third-order valence-electron chi connectivity index (χ3n) is 4.79. The van der Waals surface area contributed by atoms with Gasteiger partial charge in [0.2, 0.25) is 5.91 Å². The maximum absolute atomic E-state index is 12.5. The molecule has 3 nitrogen and oxygen atoms in total. The number of carbonyl (C=O) groups excluding carboxylic acids is 2. The number of hydrogen-bond acceptors (Lipinski definition) is 2. The van der Waals surface area contributed by atoms with Crippen LogP contribution < -0.4 is 0 Å². The molecule has 4 heteroatoms. The zero-order chi connectivity index (χ0) is 17.6. The van der Waals surface area contributed by atoms with Crippen molar-refractivity contribution in [2.75, 3.05) is 13.1 Å². The van der Waals surface area contributed by atoms with E-state index >= 15 is 0 Å². The third kappa shape index (κ3) is 4.70. The molecule has 2 aromatic carbocycles. The molecule has 1 aliphatic rings. The Bertz CT molecular complexity index is 737. The molecule has 0 bridgehead atoms. The lowest BCUT2D eigenvalue weighted by atomic mass is 9.89. The molecule has 0 spiro atoms. The van der Waals surface area contributed by atoms with E-state index in [2.05, 4.69) is 0 Å². The molecule has 1 aliphatic heterocycles. The first-order valence-corrected chi connectivity index (χ1v) is 9.13. The summed E-state index contributed by atoms with van der Waals surface area (Å²) in [6.45, 7) is 1.33. The van der Waals surface area contributed by atoms with Gasteiger partial charge in [0.05, 0.1) is 0 Å². The molecule has 1 heterocycles. The molecule has 25 heavy (non-hydrogen) atoms. The van der Waals surface area contributed by atoms with Crippen molar-refractivity contribution in [2.45, 2.75) is 25.7 Å². The Kier molecular flexibility index (Phi) is 5.87. The van der Waals surface area contributed by atoms with Crippen LogP contribution in [0.3, 0.4) is 0 Å². The first-order valence-electron chi connectivity index (χ1n) is 8.75. The molecule has 0 N–H and O–H groups in total. The van der Waals surface area contributed by atoms with Gasteiger partial charge in [-0.25, -0.2) is 0 Å². The van der Waals surface area contributed by atoms with Crippen LogP contribution in [0.25, 0.3) is 0 Å². The number of hydrogen-bond donors (Lipinski definition) is 0. The van der Waals surface area contributed by atoms with Crippen molar-refractivity contribution < 1.29 is 9.59 Å². The summed E-state index contributed by atoms with van der Waals surface area (Å²) in [6.07, 6.45) is 2.67. The van der Waals surface area contributed by atoms with E-state index in [4.69, 9.17) is 11.6 Å². The molecule has 2 aromatic rings. The molecule has 0 saturated carbocycles. The van der Waals surface area contributed by atoms with Crippen LogP contribution in [0, 0.1) is 5.92 Å². The molecule has 0 aliphatic carbocycles. The van der Waals surface area contributed by atoms with E-state index in [-0.39, 0.29) is 17.6 Å². The number of ketones is 1. The Morgan fingerprint density at radius 3 is 2.40 bits per heavy atom. The second kappa shape index (κ2) is 8.30. The molecule has 0 unspecified atom stereocenters. The minimum absolute atomic E-state index is 0.0272. The SMILES string of the molecule is O=C(c1ccccc1)C1CCN(C(=O)CCc2cccc(Cl)c2)CC1. The van der Waals surface area contributed by atoms with E-state index in [1.807, 2.05) is 59.5 Å². The number of halogens is 1. The van der Waals surface area contributed by atoms with Crippen LogP contribution in [0.2, 0.25) is 5.02 Å². The second-order valence-corrected chi connectivity index (χ2v) is 6.95. The fourth-order valence-electron chi connectivity index (χ4n) is 3.33. The predicted molar refractivity (Wildman–Crippen MR) is 99.8 cm³/mol. The van der Waals surface area contributed by atoms with Gasteiger partial charge in [0, 0.05) is 36.0 Å². The fraction of sp³-hybridized carbons (Fsp3) is 0.333. The Hall–Kier alpha value is -2.13. The molecular weight excluding hydrogens is 334 g/mol. The van der Waals surface area contributed by atoms with Crippen LogP contribution in [0.15, 0.2) is 54.6 Å². The number of benzene rings is 2. The molecule has 3 rings (SSSR count). The third-order valence-corrected chi connectivity index (χ3v) is 5.03. The van der Waals surface area contributed by atoms with Gasteiger partial charge in [0.15, 0.2) is 5.78 Å². The highest BCUT2D eigenvalue weighted by Gasteiger charge is 2.27. The van der Waals surface area contributed by atoms with Crippen molar-refractivity contribution in [3.63, 3.8) is 0 Å². The topological polar surface area (TPSA) is 37.4 Å². The van der Waals surface area contributed by atoms with E-state index in [9.17, 15) is 9.59 Å². The predicted octanol–water partition coefficient (Wildman–Crippen LogP) is 4.39. The minimum atomic E-state index is 0.0272. The lowest BCUT2D eigenvalue weighted by Gasteiger charge is -2.31. The molecule has 1 fully saturated rings. The van der Waals surface area contributed by atoms with Crippen molar-refractivity contribution in [3.05, 3.63) is 70.7 Å². The van der Waals surface area contributed by atoms with Gasteiger partial charge in [-0.15, -0.1) is 0 Å². The molecule has 0 atom stereocenters. The van der Waals surface area contributed by atoms with E-state index < -0.39 is 0 Å². The number of amides is 1. The van der Waals surface area contributed by atoms with E-state index in [0.29, 0.717) is 31.0 Å². The highest BCUT2D eigenvalue weighted by Crippen LogP contribution is 2.22. The van der Waals surface area contributed by atoms with E-state index in [0.717, 1.165) is 24.0 Å². The van der Waals surface area contributed by atoms with Gasteiger partial charge in [0.1, 0.15) is 0 Å². The average Bonchev–Trinajstić information content (AvgIpc) is 2.66. The van der Waals surface area contributed by atoms with Crippen LogP contribution in [0.5, 0.6) is 0 Å². The Balaban J connectivity index is 1.48. The summed E-state index contributed by atoms with van der Waals surface area (Å²) in [6, 6.07) is 17.1. The number of piperidine rings is 1. The second-order valence-electron chi connectivity index (χ2n) is 6.52. The summed E-state index contributed by atoms with van der Waals surface area (Å²) in [7, 11) is 0. The average molecular weight is 356 g/mol. The van der Waals surface area contributed by atoms with E-state index in [1.165, 1.54) is 0 Å². The van der Waals surface area contributed by atoms with Crippen molar-refractivity contribution in [1.82, 2.24) is 4.90 Å². The quantitative estimate of drug-likeness (QED) is 0.746. The monoisotopic (exact) mass is 355 g/mol. The Morgan fingerprint density at radius 2 is 1.72 bits per heavy atom. The highest BCUT2D eigenvalue weighted by molar-refractivity contribution is 6.30. The summed E-state index contributed by atoms with van der Waals surface area (Å²) in [4.78, 5) is 26.8. The van der Waals surface area contributed by atoms with Gasteiger partial charge in [-0.2, -0.15) is 0 Å². The maximum atomic E-state index is 12.5. The number of carbonyl (C=O) groups is 2. The lowest BCUT2D eigenvalue weighted by molar-refractivity contribution is -0.132. The molecular formula is C21H22ClNO2. The van der Waals surface area contributed by atoms with Crippen molar-refractivity contribution >= 4 is 23.3 Å². The Morgan fingerprint density at radius 1 is 1.00 bits per heavy atom. The van der Waals surface area contributed by atoms with Crippen molar-refractivity contribution in [1.29, 1.82) is 0 Å². The summed E-state index contributed by atoms with van der Waals surface area (Å²) in [5.41, 5.74) is 1.85. The van der Waals surface area contributed by atoms with Gasteiger partial charge in [-0.05, 0) is 37.0 Å². The Labute approximate surface area is 153 Å². The van der Waals surface area contributed by atoms with Gasteiger partial charge >= 0.3 is 0 Å². The molecule has 0 radical (unpaired) electrons. The van der Waals surface area contributed by atoms with Crippen molar-refractivity contribution in [2.24, 2.45) is 5.92 Å². The molecule has 130 valence electrons. The lowest BCUT2D eigenvalue weighted by Crippen LogP contribution is -2.40. The minimum Gasteiger partial charge on any atom is -0.343 e. The number of aryl methyl sites for hydroxylation is 1. The summed E-state index contributed by atoms with van der Waals surface area (Å²) >= 11 is 5.98. The summed E-state index contributed by atoms with van der Waals surface area (Å²) in [5.74, 6) is 0.386. The number of nitrogens with zero attached hydrogens (tertiary/aromatic N) is 1. The van der Waals surface area contributed by atoms with Gasteiger partial charge in [-0.3, -0.25) is 9.59 Å². The summed E-state index contributed by atoms with van der Waals surface area (Å²) in [5, 5.41) is 0.699. The summed E-state index contributed by atoms with van der Waals surface area (Å²) < 4.78 is 0. The molecule has 0 aromatic heterocycles. The number of likely N-dealkylation sites (tertiary alicyclic amines) is 1. The van der Waals surface area contributed by atoms with Crippen LogP contribution in [0.1, 0.15) is 35.2 Å². The molecule has 1 amide bonds. The van der Waals surface area contributed by atoms with Crippen LogP contribution in [0.4, 0.5) is 0 Å². The number of Topliss-reactive ketones (excluding diaryl/α,β-unsaturated/α-hetero) is 1. The van der Waals surface area contributed by atoms with Gasteiger partial charge in [0.25, 0.3) is 0 Å². The van der Waals surface area contributed by atoms with Crippen LogP contribution in [-0.4, -0.2) is 29.7 Å². The standard InChI is InChI=1S/C21H22ClNO2/c22-19-8-4-5-16(15-19)9-10-20(24)23-13-11-18(12-14-23)21(25)17-6-2-1-3-7-17/h1-8,15,18H,9-14H2. The zero-order valence-electron chi connectivity index (χ0n) is 14.2. The molecule has 1 saturated heterocycles. The van der Waals surface area contributed by atoms with Crippen LogP contribution in [-0.2, 0) is 11.2 Å². The van der Waals surface area contributed by atoms with Gasteiger partial charge in [-0.1, -0.05) is 54.1 Å². The van der Waals surface area contributed by atoms with E-state index in [1.54, 1.807) is 0 Å². The first kappa shape index (κ1) is 17.7. The first-order chi connectivity index (χ1) is 12.1. The maximum Gasteiger partial charge on any atom is 0.222 e. The van der Waals surface area contributed by atoms with Crippen LogP contribution >= 0.6 is 11.6 Å².